The fraction of sp³-hybridized carbons (Fsp3) is 0.276. The topological polar surface area (TPSA) is 50.9 Å². The Bertz CT molecular complexity index is 2980. The van der Waals surface area contributed by atoms with E-state index in [2.05, 4.69) is 201 Å². The van der Waals surface area contributed by atoms with Crippen LogP contribution < -0.4 is 0 Å². The Hall–Kier alpha value is -6.26. The van der Waals surface area contributed by atoms with Gasteiger partial charge in [0.05, 0.1) is 28.0 Å². The fourth-order valence-corrected chi connectivity index (χ4v) is 8.34. The number of fused-ring (bicyclic) bond motifs is 1. The van der Waals surface area contributed by atoms with Gasteiger partial charge in [-0.2, -0.15) is 0 Å². The molecule has 62 heavy (non-hydrogen) atoms. The number of rotatable bonds is 7. The first-order valence-electron chi connectivity index (χ1n) is 22.4. The average molecular weight is 817 g/mol. The van der Waals surface area contributed by atoms with Gasteiger partial charge in [0.1, 0.15) is 11.6 Å². The molecule has 1 N–H and O–H groups in total. The summed E-state index contributed by atoms with van der Waals surface area (Å²) in [6.45, 7) is 25.8. The molecule has 8 rings (SSSR count). The van der Waals surface area contributed by atoms with E-state index < -0.39 is 5.89 Å². The fourth-order valence-electron chi connectivity index (χ4n) is 8.34. The molecule has 0 aliphatic carbocycles. The highest BCUT2D eigenvalue weighted by molar-refractivity contribution is 5.98. The Labute approximate surface area is 370 Å². The summed E-state index contributed by atoms with van der Waals surface area (Å²) in [5.74, 6) is 0.0666. The van der Waals surface area contributed by atoms with Gasteiger partial charge >= 0.3 is 0 Å². The quantitative estimate of drug-likeness (QED) is 0.174. The summed E-state index contributed by atoms with van der Waals surface area (Å²) >= 11 is 0. The number of para-hydroxylation sites is 1. The van der Waals surface area contributed by atoms with Crippen molar-refractivity contribution < 1.29 is 6.48 Å². The molecule has 4 nitrogen and oxygen atoms in total. The number of pyridine rings is 1. The van der Waals surface area contributed by atoms with Crippen LogP contribution in [-0.2, 0) is 16.2 Å². The second-order valence-electron chi connectivity index (χ2n) is 20.3. The maximum atomic E-state index is 12.5. The molecule has 2 heterocycles. The van der Waals surface area contributed by atoms with E-state index in [1.165, 1.54) is 11.1 Å². The third kappa shape index (κ3) is 8.23. The molecule has 2 aromatic heterocycles. The zero-order chi connectivity index (χ0) is 45.2. The van der Waals surface area contributed by atoms with Gasteiger partial charge < -0.3 is 5.11 Å². The largest absolute Gasteiger partial charge is 0.507 e. The summed E-state index contributed by atoms with van der Waals surface area (Å²) in [6.07, 6.45) is 1.91. The van der Waals surface area contributed by atoms with E-state index in [-0.39, 0.29) is 22.0 Å². The van der Waals surface area contributed by atoms with Gasteiger partial charge in [0.15, 0.2) is 0 Å². The summed E-state index contributed by atoms with van der Waals surface area (Å²) in [5.41, 5.74) is 16.2. The molecule has 8 aromatic rings. The number of benzene rings is 6. The number of aromatic nitrogens is 3. The monoisotopic (exact) mass is 816 g/mol. The number of nitrogens with zero attached hydrogens (tertiary/aromatic N) is 3. The standard InChI is InChI=1S/C58H61N3O/c1-36(2)40-25-26-51(47(32-40)39-17-14-13-15-18-39)61-52-20-16-19-46(53(52)60-55(61)48-34-45(57(7,8)9)35-49(54(48)62)58(10,11)12)42-29-43(31-44(30-42)56(4,5)6)50-33-41(27-28-59-50)38-23-21-37(3)22-24-38/h13-36,62H,1-12H3/i36D. The molecule has 0 saturated heterocycles. The lowest BCUT2D eigenvalue weighted by atomic mass is 9.79. The third-order valence-electron chi connectivity index (χ3n) is 12.2. The van der Waals surface area contributed by atoms with Crippen LogP contribution in [0.1, 0.15) is 111 Å². The Kier molecular flexibility index (Phi) is 10.5. The van der Waals surface area contributed by atoms with Crippen LogP contribution in [0, 0.1) is 6.92 Å². The molecule has 0 aliphatic heterocycles. The summed E-state index contributed by atoms with van der Waals surface area (Å²) in [6, 6.07) is 47.2. The highest BCUT2D eigenvalue weighted by Crippen LogP contribution is 2.46. The Morgan fingerprint density at radius 3 is 1.90 bits per heavy atom. The predicted molar refractivity (Wildman–Crippen MR) is 263 cm³/mol. The van der Waals surface area contributed by atoms with Crippen molar-refractivity contribution in [3.05, 3.63) is 167 Å². The van der Waals surface area contributed by atoms with E-state index in [0.717, 1.165) is 78.0 Å². The van der Waals surface area contributed by atoms with Crippen LogP contribution in [-0.4, -0.2) is 19.6 Å². The Balaban J connectivity index is 1.46. The molecule has 6 aromatic carbocycles. The molecule has 0 radical (unpaired) electrons. The minimum atomic E-state index is -0.819. The van der Waals surface area contributed by atoms with Crippen molar-refractivity contribution in [3.8, 4) is 67.5 Å². The van der Waals surface area contributed by atoms with Gasteiger partial charge in [0.2, 0.25) is 0 Å². The number of phenols is 1. The van der Waals surface area contributed by atoms with Gasteiger partial charge in [-0.3, -0.25) is 9.55 Å². The van der Waals surface area contributed by atoms with E-state index in [9.17, 15) is 5.11 Å². The van der Waals surface area contributed by atoms with E-state index in [1.807, 2.05) is 26.1 Å². The van der Waals surface area contributed by atoms with Crippen LogP contribution in [0.2, 0.25) is 0 Å². The Morgan fingerprint density at radius 1 is 0.565 bits per heavy atom. The van der Waals surface area contributed by atoms with Crippen LogP contribution in [0.25, 0.3) is 72.7 Å². The zero-order valence-electron chi connectivity index (χ0n) is 39.6. The van der Waals surface area contributed by atoms with E-state index in [1.54, 1.807) is 0 Å². The SMILES string of the molecule is [2H]C(C)(C)c1ccc(-n2c(-c3cc(C(C)(C)C)cc(C(C)(C)C)c3O)nc3c(-c4cc(-c5cc(-c6ccc(C)cc6)ccn5)cc(C(C)(C)C)c4)cccc32)c(-c2ccccc2)c1. The molecule has 4 heteroatoms. The maximum absolute atomic E-state index is 12.5. The second-order valence-corrected chi connectivity index (χ2v) is 20.3. The van der Waals surface area contributed by atoms with Crippen LogP contribution in [0.15, 0.2) is 140 Å². The van der Waals surface area contributed by atoms with Crippen molar-refractivity contribution in [3.63, 3.8) is 0 Å². The van der Waals surface area contributed by atoms with Gasteiger partial charge in [-0.25, -0.2) is 4.98 Å². The van der Waals surface area contributed by atoms with Gasteiger partial charge in [0.25, 0.3) is 0 Å². The van der Waals surface area contributed by atoms with Crippen molar-refractivity contribution in [1.29, 1.82) is 0 Å². The number of hydrogen-bond acceptors (Lipinski definition) is 3. The van der Waals surface area contributed by atoms with Crippen LogP contribution >= 0.6 is 0 Å². The molecule has 0 amide bonds. The highest BCUT2D eigenvalue weighted by Gasteiger charge is 2.29. The molecule has 0 atom stereocenters. The van der Waals surface area contributed by atoms with Crippen LogP contribution in [0.3, 0.4) is 0 Å². The minimum absolute atomic E-state index is 0.155. The van der Waals surface area contributed by atoms with E-state index in [0.29, 0.717) is 11.4 Å². The third-order valence-corrected chi connectivity index (χ3v) is 12.2. The molecule has 0 fully saturated rings. The lowest BCUT2D eigenvalue weighted by Crippen LogP contribution is -2.17. The van der Waals surface area contributed by atoms with Crippen LogP contribution in [0.5, 0.6) is 5.75 Å². The average Bonchev–Trinajstić information content (AvgIpc) is 3.62. The molecule has 0 saturated carbocycles. The number of imidazole rings is 1. The number of phenolic OH excluding ortho intramolecular Hbond substituents is 1. The van der Waals surface area contributed by atoms with Gasteiger partial charge in [-0.15, -0.1) is 0 Å². The van der Waals surface area contributed by atoms with Crippen molar-refractivity contribution in [2.75, 3.05) is 0 Å². The molecular weight excluding hydrogens is 755 g/mol. The molecule has 0 spiro atoms. The molecule has 0 unspecified atom stereocenters. The highest BCUT2D eigenvalue weighted by atomic mass is 16.3. The summed E-state index contributed by atoms with van der Waals surface area (Å²) in [5, 5.41) is 12.5. The van der Waals surface area contributed by atoms with Gasteiger partial charge in [-0.05, 0) is 117 Å². The maximum Gasteiger partial charge on any atom is 0.149 e. The molecule has 314 valence electrons. The predicted octanol–water partition coefficient (Wildman–Crippen LogP) is 15.8. The molecule has 0 bridgehead atoms. The first-order chi connectivity index (χ1) is 29.6. The molecular formula is C58H61N3O. The lowest BCUT2D eigenvalue weighted by molar-refractivity contribution is 0.446. The van der Waals surface area contributed by atoms with Gasteiger partial charge in [0, 0.05) is 29.8 Å². The smallest absolute Gasteiger partial charge is 0.149 e. The number of aromatic hydroxyl groups is 1. The zero-order valence-corrected chi connectivity index (χ0v) is 38.6. The van der Waals surface area contributed by atoms with Crippen molar-refractivity contribution in [1.82, 2.24) is 14.5 Å². The van der Waals surface area contributed by atoms with Crippen LogP contribution in [0.4, 0.5) is 0 Å². The lowest BCUT2D eigenvalue weighted by Gasteiger charge is -2.27. The van der Waals surface area contributed by atoms with Crippen molar-refractivity contribution in [2.45, 2.75) is 105 Å². The normalized spacial score (nSPS) is 12.8. The minimum Gasteiger partial charge on any atom is -0.507 e. The summed E-state index contributed by atoms with van der Waals surface area (Å²) in [4.78, 5) is 10.6. The van der Waals surface area contributed by atoms with Crippen molar-refractivity contribution in [2.24, 2.45) is 0 Å². The van der Waals surface area contributed by atoms with Gasteiger partial charge in [-0.1, -0.05) is 167 Å². The van der Waals surface area contributed by atoms with E-state index in [4.69, 9.17) is 11.3 Å². The first kappa shape index (κ1) is 41.1. The number of aryl methyl sites for hydroxylation is 1. The molecule has 0 aliphatic rings. The first-order valence-corrected chi connectivity index (χ1v) is 21.9. The summed E-state index contributed by atoms with van der Waals surface area (Å²) < 4.78 is 11.3. The Morgan fingerprint density at radius 2 is 1.24 bits per heavy atom. The second kappa shape index (κ2) is 15.9. The number of hydrogen-bond donors (Lipinski definition) is 1. The van der Waals surface area contributed by atoms with E-state index >= 15 is 0 Å². The van der Waals surface area contributed by atoms with Crippen molar-refractivity contribution >= 4 is 11.0 Å². The summed E-state index contributed by atoms with van der Waals surface area (Å²) in [7, 11) is 0.